The van der Waals surface area contributed by atoms with Gasteiger partial charge in [0.15, 0.2) is 12.5 Å². The number of aliphatic hydroxyl groups is 2. The average Bonchev–Trinajstić information content (AvgIpc) is 2.71. The predicted molar refractivity (Wildman–Crippen MR) is 65.0 cm³/mol. The number of nitrogens with zero attached hydrogens (tertiary/aromatic N) is 1. The first-order valence-corrected chi connectivity index (χ1v) is 5.80. The van der Waals surface area contributed by atoms with Gasteiger partial charge in [0.05, 0.1) is 12.0 Å². The van der Waals surface area contributed by atoms with Crippen LogP contribution in [0.5, 0.6) is 0 Å². The smallest absolute Gasteiger partial charge is 0.330 e. The number of hydrogen-bond donors (Lipinski definition) is 3. The van der Waals surface area contributed by atoms with E-state index in [9.17, 15) is 9.59 Å². The third-order valence-corrected chi connectivity index (χ3v) is 3.01. The second-order valence-corrected chi connectivity index (χ2v) is 4.39. The van der Waals surface area contributed by atoms with Gasteiger partial charge in [-0.05, 0) is 6.42 Å². The first-order valence-electron chi connectivity index (χ1n) is 5.80. The van der Waals surface area contributed by atoms with Crippen molar-refractivity contribution in [1.82, 2.24) is 9.55 Å². The van der Waals surface area contributed by atoms with Crippen molar-refractivity contribution in [2.24, 2.45) is 5.92 Å². The second-order valence-electron chi connectivity index (χ2n) is 4.39. The zero-order valence-corrected chi connectivity index (χ0v) is 10.0. The standard InChI is InChI=1S/C12H14N2O5/c1-2-7-5-8(6-10(16)17)19-11(7)14-4-3-9(15)13-12(14)18/h1,3-4,7-8,10-11,16-17H,5-6H2,(H,13,15,18). The molecule has 3 atom stereocenters. The van der Waals surface area contributed by atoms with Crippen LogP contribution in [0.3, 0.4) is 0 Å². The lowest BCUT2D eigenvalue weighted by Crippen LogP contribution is -2.33. The van der Waals surface area contributed by atoms with Gasteiger partial charge in [-0.15, -0.1) is 6.42 Å². The molecular weight excluding hydrogens is 252 g/mol. The summed E-state index contributed by atoms with van der Waals surface area (Å²) in [6, 6.07) is 1.20. The minimum atomic E-state index is -1.49. The van der Waals surface area contributed by atoms with Crippen LogP contribution in [0.1, 0.15) is 19.1 Å². The first kappa shape index (κ1) is 13.5. The third kappa shape index (κ3) is 2.93. The molecule has 1 aliphatic rings. The van der Waals surface area contributed by atoms with E-state index in [1.165, 1.54) is 16.8 Å². The van der Waals surface area contributed by atoms with Gasteiger partial charge >= 0.3 is 5.69 Å². The molecule has 19 heavy (non-hydrogen) atoms. The summed E-state index contributed by atoms with van der Waals surface area (Å²) in [7, 11) is 0. The van der Waals surface area contributed by atoms with Crippen molar-refractivity contribution >= 4 is 0 Å². The van der Waals surface area contributed by atoms with E-state index in [4.69, 9.17) is 21.4 Å². The Morgan fingerprint density at radius 2 is 2.32 bits per heavy atom. The molecule has 0 saturated carbocycles. The van der Waals surface area contributed by atoms with Gasteiger partial charge in [0.1, 0.15) is 0 Å². The lowest BCUT2D eigenvalue weighted by atomic mass is 10.0. The summed E-state index contributed by atoms with van der Waals surface area (Å²) in [5, 5.41) is 17.9. The van der Waals surface area contributed by atoms with Crippen molar-refractivity contribution in [1.29, 1.82) is 0 Å². The van der Waals surface area contributed by atoms with Crippen molar-refractivity contribution in [3.63, 3.8) is 0 Å². The lowest BCUT2D eigenvalue weighted by molar-refractivity contribution is -0.0917. The van der Waals surface area contributed by atoms with Crippen LogP contribution < -0.4 is 11.2 Å². The fraction of sp³-hybridized carbons (Fsp3) is 0.500. The molecule has 0 aromatic carbocycles. The van der Waals surface area contributed by atoms with Crippen LogP contribution in [0, 0.1) is 18.3 Å². The topological polar surface area (TPSA) is 105 Å². The highest BCUT2D eigenvalue weighted by molar-refractivity contribution is 5.01. The zero-order chi connectivity index (χ0) is 14.0. The van der Waals surface area contributed by atoms with Gasteiger partial charge in [-0.2, -0.15) is 0 Å². The van der Waals surface area contributed by atoms with Crippen molar-refractivity contribution in [3.8, 4) is 12.3 Å². The van der Waals surface area contributed by atoms with Crippen molar-refractivity contribution in [2.45, 2.75) is 31.5 Å². The number of ether oxygens (including phenoxy) is 1. The van der Waals surface area contributed by atoms with Gasteiger partial charge in [0.2, 0.25) is 0 Å². The Bertz CT molecular complexity index is 597. The van der Waals surface area contributed by atoms with E-state index in [-0.39, 0.29) is 12.3 Å². The maximum atomic E-state index is 11.7. The molecule has 0 spiro atoms. The molecule has 1 aromatic rings. The van der Waals surface area contributed by atoms with Crippen LogP contribution in [0.4, 0.5) is 0 Å². The molecule has 0 bridgehead atoms. The highest BCUT2D eigenvalue weighted by Crippen LogP contribution is 2.34. The third-order valence-electron chi connectivity index (χ3n) is 3.01. The molecule has 0 aliphatic carbocycles. The minimum absolute atomic E-state index is 0.0206. The summed E-state index contributed by atoms with van der Waals surface area (Å²) < 4.78 is 6.76. The molecule has 7 nitrogen and oxygen atoms in total. The molecular formula is C12H14N2O5. The Balaban J connectivity index is 2.26. The van der Waals surface area contributed by atoms with Crippen LogP contribution in [0.25, 0.3) is 0 Å². The highest BCUT2D eigenvalue weighted by Gasteiger charge is 2.36. The number of nitrogens with one attached hydrogen (secondary N) is 1. The summed E-state index contributed by atoms with van der Waals surface area (Å²) in [5.41, 5.74) is -1.11. The maximum Gasteiger partial charge on any atom is 0.330 e. The van der Waals surface area contributed by atoms with Gasteiger partial charge < -0.3 is 14.9 Å². The molecule has 7 heteroatoms. The predicted octanol–water partition coefficient (Wildman–Crippen LogP) is -1.23. The fourth-order valence-electron chi connectivity index (χ4n) is 2.17. The largest absolute Gasteiger partial charge is 0.368 e. The molecule has 1 saturated heterocycles. The Morgan fingerprint density at radius 1 is 1.58 bits per heavy atom. The molecule has 0 radical (unpaired) electrons. The van der Waals surface area contributed by atoms with E-state index in [1.807, 2.05) is 0 Å². The summed E-state index contributed by atoms with van der Waals surface area (Å²) in [4.78, 5) is 24.8. The normalized spacial score (nSPS) is 26.5. The van der Waals surface area contributed by atoms with Gasteiger partial charge in [-0.3, -0.25) is 14.3 Å². The molecule has 3 unspecified atom stereocenters. The molecule has 0 amide bonds. The van der Waals surface area contributed by atoms with Crippen molar-refractivity contribution < 1.29 is 14.9 Å². The van der Waals surface area contributed by atoms with Gasteiger partial charge in [0.25, 0.3) is 5.56 Å². The van der Waals surface area contributed by atoms with Crippen LogP contribution in [0.2, 0.25) is 0 Å². The van der Waals surface area contributed by atoms with E-state index in [0.717, 1.165) is 0 Å². The molecule has 1 aromatic heterocycles. The summed E-state index contributed by atoms with van der Waals surface area (Å²) in [6.45, 7) is 0. The van der Waals surface area contributed by atoms with E-state index in [0.29, 0.717) is 6.42 Å². The SMILES string of the molecule is C#CC1CC(CC(O)O)OC1n1ccc(=O)[nH]c1=O. The Kier molecular flexibility index (Phi) is 3.85. The second kappa shape index (κ2) is 5.40. The van der Waals surface area contributed by atoms with Gasteiger partial charge in [-0.25, -0.2) is 4.79 Å². The van der Waals surface area contributed by atoms with E-state index >= 15 is 0 Å². The van der Waals surface area contributed by atoms with Crippen molar-refractivity contribution in [3.05, 3.63) is 33.1 Å². The lowest BCUT2D eigenvalue weighted by Gasteiger charge is -2.17. The van der Waals surface area contributed by atoms with Crippen LogP contribution in [-0.2, 0) is 4.74 Å². The molecule has 2 rings (SSSR count). The zero-order valence-electron chi connectivity index (χ0n) is 10.0. The minimum Gasteiger partial charge on any atom is -0.368 e. The number of hydrogen-bond acceptors (Lipinski definition) is 5. The maximum absolute atomic E-state index is 11.7. The monoisotopic (exact) mass is 266 g/mol. The number of aliphatic hydroxyl groups excluding tert-OH is 1. The number of H-pyrrole nitrogens is 1. The number of terminal acetylenes is 1. The summed E-state index contributed by atoms with van der Waals surface area (Å²) in [5.74, 6) is 2.15. The quantitative estimate of drug-likeness (QED) is 0.469. The number of rotatable bonds is 3. The van der Waals surface area contributed by atoms with E-state index in [2.05, 4.69) is 10.9 Å². The highest BCUT2D eigenvalue weighted by atomic mass is 16.5. The average molecular weight is 266 g/mol. The molecule has 2 heterocycles. The van der Waals surface area contributed by atoms with Crippen molar-refractivity contribution in [2.75, 3.05) is 0 Å². The van der Waals surface area contributed by atoms with Crippen LogP contribution in [-0.4, -0.2) is 32.2 Å². The summed E-state index contributed by atoms with van der Waals surface area (Å²) in [6.07, 6.45) is 4.51. The molecule has 1 aliphatic heterocycles. The Morgan fingerprint density at radius 3 is 2.89 bits per heavy atom. The number of aromatic nitrogens is 2. The van der Waals surface area contributed by atoms with Gasteiger partial charge in [0, 0.05) is 18.7 Å². The molecule has 102 valence electrons. The number of aromatic amines is 1. The Labute approximate surface area is 108 Å². The molecule has 1 fully saturated rings. The fourth-order valence-corrected chi connectivity index (χ4v) is 2.17. The summed E-state index contributed by atoms with van der Waals surface area (Å²) >= 11 is 0. The van der Waals surface area contributed by atoms with Crippen LogP contribution >= 0.6 is 0 Å². The Hall–Kier alpha value is -1.88. The molecule has 3 N–H and O–H groups in total. The van der Waals surface area contributed by atoms with Gasteiger partial charge in [-0.1, -0.05) is 5.92 Å². The van der Waals surface area contributed by atoms with E-state index in [1.54, 1.807) is 0 Å². The first-order chi connectivity index (χ1) is 9.01. The van der Waals surface area contributed by atoms with Crippen LogP contribution in [0.15, 0.2) is 21.9 Å². The van der Waals surface area contributed by atoms with E-state index < -0.39 is 29.9 Å².